The number of carbonyl (C=O) groups is 1. The fourth-order valence-corrected chi connectivity index (χ4v) is 3.74. The Morgan fingerprint density at radius 3 is 2.67 bits per heavy atom. The van der Waals surface area contributed by atoms with Crippen molar-refractivity contribution in [3.8, 4) is 0 Å². The van der Waals surface area contributed by atoms with Gasteiger partial charge in [-0.1, -0.05) is 0 Å². The molecule has 0 amide bonds. The predicted molar refractivity (Wildman–Crippen MR) is 77.1 cm³/mol. The number of rotatable bonds is 2. The first-order chi connectivity index (χ1) is 9.99. The molecule has 0 aliphatic carbocycles. The molecule has 0 spiro atoms. The summed E-state index contributed by atoms with van der Waals surface area (Å²) in [5.41, 5.74) is 0.548. The third-order valence-electron chi connectivity index (χ3n) is 3.83. The molecule has 0 radical (unpaired) electrons. The van der Waals surface area contributed by atoms with E-state index in [4.69, 9.17) is 5.11 Å². The lowest BCUT2D eigenvalue weighted by Gasteiger charge is -2.36. The van der Waals surface area contributed by atoms with Crippen LogP contribution in [-0.4, -0.2) is 17.6 Å². The van der Waals surface area contributed by atoms with Gasteiger partial charge < -0.3 is 10.0 Å². The van der Waals surface area contributed by atoms with Gasteiger partial charge in [0, 0.05) is 11.4 Å². The summed E-state index contributed by atoms with van der Waals surface area (Å²) in [5, 5.41) is 10.8. The first kappa shape index (κ1) is 14.0. The molecule has 1 aliphatic heterocycles. The highest BCUT2D eigenvalue weighted by Gasteiger charge is 2.29. The van der Waals surface area contributed by atoms with Crippen LogP contribution in [0.2, 0.25) is 0 Å². The van der Waals surface area contributed by atoms with Gasteiger partial charge in [-0.2, -0.15) is 0 Å². The maximum Gasteiger partial charge on any atom is 0.335 e. The monoisotopic (exact) mass is 309 g/mol. The van der Waals surface area contributed by atoms with Crippen LogP contribution < -0.4 is 4.90 Å². The first-order valence-electron chi connectivity index (χ1n) is 6.54. The predicted octanol–water partition coefficient (Wildman–Crippen LogP) is 3.85. The molecule has 1 aromatic heterocycles. The Balaban J connectivity index is 2.04. The average molecular weight is 309 g/mol. The quantitative estimate of drug-likeness (QED) is 0.916. The van der Waals surface area contributed by atoms with Gasteiger partial charge in [-0.3, -0.25) is 0 Å². The van der Waals surface area contributed by atoms with Crippen LogP contribution in [0.3, 0.4) is 0 Å². The molecule has 1 N–H and O–H groups in total. The summed E-state index contributed by atoms with van der Waals surface area (Å²) in [5.74, 6) is -3.01. The first-order valence-corrected chi connectivity index (χ1v) is 7.42. The minimum Gasteiger partial charge on any atom is -0.478 e. The number of hydrogen-bond acceptors (Lipinski definition) is 3. The third kappa shape index (κ3) is 2.29. The van der Waals surface area contributed by atoms with Gasteiger partial charge >= 0.3 is 5.97 Å². The second-order valence-electron chi connectivity index (χ2n) is 5.01. The van der Waals surface area contributed by atoms with Gasteiger partial charge in [0.25, 0.3) is 0 Å². The Morgan fingerprint density at radius 2 is 2.05 bits per heavy atom. The number of anilines is 1. The van der Waals surface area contributed by atoms with Gasteiger partial charge in [0.05, 0.1) is 11.6 Å². The lowest BCUT2D eigenvalue weighted by Crippen LogP contribution is -2.34. The van der Waals surface area contributed by atoms with Crippen molar-refractivity contribution in [3.05, 3.63) is 51.2 Å². The zero-order valence-corrected chi connectivity index (χ0v) is 12.1. The van der Waals surface area contributed by atoms with Gasteiger partial charge in [0.15, 0.2) is 0 Å². The summed E-state index contributed by atoms with van der Waals surface area (Å²) in [4.78, 5) is 13.7. The van der Waals surface area contributed by atoms with Gasteiger partial charge in [0.2, 0.25) is 0 Å². The van der Waals surface area contributed by atoms with E-state index in [1.54, 1.807) is 16.2 Å². The van der Waals surface area contributed by atoms with Crippen LogP contribution in [0.4, 0.5) is 14.5 Å². The molecule has 1 aliphatic rings. The number of thiophene rings is 1. The minimum atomic E-state index is -1.34. The second kappa shape index (κ2) is 5.11. The Hall–Kier alpha value is -1.95. The van der Waals surface area contributed by atoms with Crippen molar-refractivity contribution >= 4 is 23.0 Å². The summed E-state index contributed by atoms with van der Waals surface area (Å²) >= 11 is 1.65. The smallest absolute Gasteiger partial charge is 0.335 e. The Kier molecular flexibility index (Phi) is 3.41. The molecule has 0 fully saturated rings. The number of halogens is 2. The van der Waals surface area contributed by atoms with Crippen molar-refractivity contribution in [2.45, 2.75) is 19.4 Å². The summed E-state index contributed by atoms with van der Waals surface area (Å²) in [6.07, 6.45) is 0.733. The third-order valence-corrected chi connectivity index (χ3v) is 4.82. The molecule has 110 valence electrons. The number of nitrogens with zero attached hydrogens (tertiary/aromatic N) is 1. The number of benzene rings is 1. The van der Waals surface area contributed by atoms with E-state index in [1.165, 1.54) is 4.88 Å². The van der Waals surface area contributed by atoms with Crippen molar-refractivity contribution in [1.29, 1.82) is 0 Å². The fraction of sp³-hybridized carbons (Fsp3) is 0.267. The number of carboxylic acid groups (broad SMARTS) is 1. The fourth-order valence-electron chi connectivity index (χ4n) is 2.78. The van der Waals surface area contributed by atoms with E-state index in [0.29, 0.717) is 6.54 Å². The molecule has 0 bridgehead atoms. The Morgan fingerprint density at radius 1 is 1.38 bits per heavy atom. The zero-order chi connectivity index (χ0) is 15.1. The van der Waals surface area contributed by atoms with Gasteiger partial charge in [-0.15, -0.1) is 11.3 Å². The lowest BCUT2D eigenvalue weighted by molar-refractivity contribution is 0.0695. The molecule has 2 heterocycles. The Labute approximate surface area is 124 Å². The SMILES string of the molecule is CC1c2ccsc2CCN1c1c(F)cc(C(=O)O)cc1F. The van der Waals surface area contributed by atoms with Gasteiger partial charge in [-0.05, 0) is 42.5 Å². The summed E-state index contributed by atoms with van der Waals surface area (Å²) in [6.45, 7) is 2.41. The summed E-state index contributed by atoms with van der Waals surface area (Å²) < 4.78 is 28.4. The molecule has 1 aromatic carbocycles. The van der Waals surface area contributed by atoms with Gasteiger partial charge in [-0.25, -0.2) is 13.6 Å². The van der Waals surface area contributed by atoms with E-state index < -0.39 is 17.6 Å². The van der Waals surface area contributed by atoms with Crippen LogP contribution >= 0.6 is 11.3 Å². The van der Waals surface area contributed by atoms with Crippen LogP contribution in [-0.2, 0) is 6.42 Å². The highest BCUT2D eigenvalue weighted by molar-refractivity contribution is 7.10. The molecule has 0 saturated carbocycles. The van der Waals surface area contributed by atoms with Crippen LogP contribution in [0.25, 0.3) is 0 Å². The molecule has 3 rings (SSSR count). The van der Waals surface area contributed by atoms with Crippen LogP contribution in [0.5, 0.6) is 0 Å². The van der Waals surface area contributed by atoms with Crippen LogP contribution in [0, 0.1) is 11.6 Å². The molecule has 0 saturated heterocycles. The molecule has 1 atom stereocenters. The van der Waals surface area contributed by atoms with E-state index in [1.807, 2.05) is 18.4 Å². The van der Waals surface area contributed by atoms with Crippen molar-refractivity contribution in [2.75, 3.05) is 11.4 Å². The number of fused-ring (bicyclic) bond motifs is 1. The molecule has 1 unspecified atom stereocenters. The lowest BCUT2D eigenvalue weighted by atomic mass is 10.00. The maximum atomic E-state index is 14.2. The van der Waals surface area contributed by atoms with Crippen molar-refractivity contribution in [1.82, 2.24) is 0 Å². The molecular weight excluding hydrogens is 296 g/mol. The summed E-state index contributed by atoms with van der Waals surface area (Å²) in [7, 11) is 0. The molecule has 6 heteroatoms. The topological polar surface area (TPSA) is 40.5 Å². The second-order valence-corrected chi connectivity index (χ2v) is 6.01. The normalized spacial score (nSPS) is 17.7. The zero-order valence-electron chi connectivity index (χ0n) is 11.3. The van der Waals surface area contributed by atoms with Gasteiger partial charge in [0.1, 0.15) is 17.3 Å². The van der Waals surface area contributed by atoms with E-state index in [0.717, 1.165) is 24.1 Å². The largest absolute Gasteiger partial charge is 0.478 e. The van der Waals surface area contributed by atoms with E-state index in [9.17, 15) is 13.6 Å². The molecule has 2 aromatic rings. The summed E-state index contributed by atoms with van der Waals surface area (Å²) in [6, 6.07) is 3.57. The maximum absolute atomic E-state index is 14.2. The van der Waals surface area contributed by atoms with Crippen LogP contribution in [0.1, 0.15) is 33.8 Å². The number of aromatic carboxylic acids is 1. The van der Waals surface area contributed by atoms with E-state index in [-0.39, 0.29) is 17.3 Å². The van der Waals surface area contributed by atoms with Crippen molar-refractivity contribution < 1.29 is 18.7 Å². The Bertz CT molecular complexity index is 690. The molecule has 21 heavy (non-hydrogen) atoms. The standard InChI is InChI=1S/C15H13F2NO2S/c1-8-10-3-5-21-13(10)2-4-18(8)14-11(16)6-9(15(19)20)7-12(14)17/h3,5-8H,2,4H2,1H3,(H,19,20). The molecular formula is C15H13F2NO2S. The number of hydrogen-bond donors (Lipinski definition) is 1. The molecule has 3 nitrogen and oxygen atoms in total. The van der Waals surface area contributed by atoms with Crippen molar-refractivity contribution in [2.24, 2.45) is 0 Å². The highest BCUT2D eigenvalue weighted by Crippen LogP contribution is 2.38. The van der Waals surface area contributed by atoms with E-state index in [2.05, 4.69) is 0 Å². The van der Waals surface area contributed by atoms with Crippen molar-refractivity contribution in [3.63, 3.8) is 0 Å². The highest BCUT2D eigenvalue weighted by atomic mass is 32.1. The average Bonchev–Trinajstić information content (AvgIpc) is 2.89. The number of carboxylic acids is 1. The van der Waals surface area contributed by atoms with E-state index >= 15 is 0 Å². The minimum absolute atomic E-state index is 0.139. The van der Waals surface area contributed by atoms with Crippen LogP contribution in [0.15, 0.2) is 23.6 Å².